The number of aliphatic hydroxyl groups is 1. The van der Waals surface area contributed by atoms with Crippen LogP contribution in [0.15, 0.2) is 0 Å². The SMILES string of the molecule is CSC1(CNC(=O)NC[C@H](O)C(=O)O)CCCC1. The highest BCUT2D eigenvalue weighted by atomic mass is 32.2. The normalized spacial score (nSPS) is 19.2. The monoisotopic (exact) mass is 276 g/mol. The molecule has 0 radical (unpaired) electrons. The Morgan fingerprint density at radius 2 is 1.94 bits per heavy atom. The van der Waals surface area contributed by atoms with Crippen LogP contribution in [-0.4, -0.2) is 52.4 Å². The molecule has 0 saturated heterocycles. The predicted octanol–water partition coefficient (Wildman–Crippen LogP) is 0.407. The molecule has 1 fully saturated rings. The minimum Gasteiger partial charge on any atom is -0.479 e. The topological polar surface area (TPSA) is 98.7 Å². The maximum atomic E-state index is 11.4. The summed E-state index contributed by atoms with van der Waals surface area (Å²) in [5.74, 6) is -1.34. The molecule has 1 saturated carbocycles. The Morgan fingerprint density at radius 1 is 1.33 bits per heavy atom. The Bertz CT molecular complexity index is 305. The molecule has 1 aliphatic rings. The van der Waals surface area contributed by atoms with E-state index in [2.05, 4.69) is 10.6 Å². The molecule has 18 heavy (non-hydrogen) atoms. The average Bonchev–Trinajstić information content (AvgIpc) is 2.82. The van der Waals surface area contributed by atoms with Gasteiger partial charge in [-0.25, -0.2) is 9.59 Å². The second-order valence-corrected chi connectivity index (χ2v) is 5.79. The lowest BCUT2D eigenvalue weighted by molar-refractivity contribution is -0.146. The summed E-state index contributed by atoms with van der Waals surface area (Å²) >= 11 is 1.77. The zero-order valence-electron chi connectivity index (χ0n) is 10.4. The van der Waals surface area contributed by atoms with Gasteiger partial charge in [0.05, 0.1) is 6.54 Å². The van der Waals surface area contributed by atoms with E-state index in [1.54, 1.807) is 11.8 Å². The van der Waals surface area contributed by atoms with Gasteiger partial charge in [-0.1, -0.05) is 12.8 Å². The Kier molecular flexibility index (Phi) is 5.74. The summed E-state index contributed by atoms with van der Waals surface area (Å²) in [6.07, 6.45) is 5.03. The van der Waals surface area contributed by atoms with Crippen molar-refractivity contribution in [3.8, 4) is 0 Å². The van der Waals surface area contributed by atoms with Crippen molar-refractivity contribution in [2.24, 2.45) is 0 Å². The zero-order valence-corrected chi connectivity index (χ0v) is 11.3. The Labute approximate surface area is 111 Å². The largest absolute Gasteiger partial charge is 0.479 e. The number of carbonyl (C=O) groups excluding carboxylic acids is 1. The van der Waals surface area contributed by atoms with E-state index >= 15 is 0 Å². The number of hydrogen-bond acceptors (Lipinski definition) is 4. The number of carboxylic acids is 1. The highest BCUT2D eigenvalue weighted by Gasteiger charge is 2.33. The van der Waals surface area contributed by atoms with Crippen LogP contribution in [0.4, 0.5) is 4.79 Å². The maximum absolute atomic E-state index is 11.4. The molecule has 0 heterocycles. The van der Waals surface area contributed by atoms with Crippen LogP contribution in [0.3, 0.4) is 0 Å². The van der Waals surface area contributed by atoms with Crippen molar-refractivity contribution in [2.75, 3.05) is 19.3 Å². The molecule has 0 spiro atoms. The zero-order chi connectivity index (χ0) is 13.6. The van der Waals surface area contributed by atoms with Crippen LogP contribution >= 0.6 is 11.8 Å². The maximum Gasteiger partial charge on any atom is 0.334 e. The molecule has 7 heteroatoms. The number of urea groups is 1. The molecule has 1 atom stereocenters. The van der Waals surface area contributed by atoms with E-state index in [4.69, 9.17) is 10.2 Å². The van der Waals surface area contributed by atoms with Crippen molar-refractivity contribution in [1.82, 2.24) is 10.6 Å². The van der Waals surface area contributed by atoms with Crippen molar-refractivity contribution in [3.05, 3.63) is 0 Å². The van der Waals surface area contributed by atoms with Crippen LogP contribution in [0.1, 0.15) is 25.7 Å². The first-order valence-corrected chi connectivity index (χ1v) is 7.19. The van der Waals surface area contributed by atoms with E-state index in [0.29, 0.717) is 6.54 Å². The molecule has 2 amide bonds. The minimum absolute atomic E-state index is 0.114. The molecular weight excluding hydrogens is 256 g/mol. The van der Waals surface area contributed by atoms with E-state index in [1.165, 1.54) is 12.8 Å². The van der Waals surface area contributed by atoms with E-state index in [9.17, 15) is 9.59 Å². The number of carbonyl (C=O) groups is 2. The second-order valence-electron chi connectivity index (χ2n) is 4.51. The summed E-state index contributed by atoms with van der Waals surface area (Å²) < 4.78 is 0.114. The van der Waals surface area contributed by atoms with Crippen LogP contribution in [-0.2, 0) is 4.79 Å². The van der Waals surface area contributed by atoms with Crippen LogP contribution in [0.25, 0.3) is 0 Å². The third-order valence-electron chi connectivity index (χ3n) is 3.26. The summed E-state index contributed by atoms with van der Waals surface area (Å²) in [5, 5.41) is 22.5. The van der Waals surface area contributed by atoms with Gasteiger partial charge in [-0.3, -0.25) is 0 Å². The molecule has 0 aromatic rings. The first-order valence-electron chi connectivity index (χ1n) is 5.97. The van der Waals surface area contributed by atoms with E-state index in [1.807, 2.05) is 6.26 Å². The van der Waals surface area contributed by atoms with Crippen LogP contribution in [0, 0.1) is 0 Å². The molecule has 0 aromatic carbocycles. The summed E-state index contributed by atoms with van der Waals surface area (Å²) in [7, 11) is 0. The molecule has 4 N–H and O–H groups in total. The number of aliphatic carboxylic acids is 1. The lowest BCUT2D eigenvalue weighted by Crippen LogP contribution is -2.46. The van der Waals surface area contributed by atoms with E-state index in [-0.39, 0.29) is 11.3 Å². The van der Waals surface area contributed by atoms with Gasteiger partial charge in [0.2, 0.25) is 0 Å². The number of carboxylic acid groups (broad SMARTS) is 1. The summed E-state index contributed by atoms with van der Waals surface area (Å²) in [6, 6.07) is -0.435. The van der Waals surface area contributed by atoms with Crippen molar-refractivity contribution < 1.29 is 19.8 Å². The van der Waals surface area contributed by atoms with Gasteiger partial charge in [0.15, 0.2) is 6.10 Å². The van der Waals surface area contributed by atoms with Gasteiger partial charge >= 0.3 is 12.0 Å². The number of thioether (sulfide) groups is 1. The second kappa shape index (κ2) is 6.84. The van der Waals surface area contributed by atoms with E-state index < -0.39 is 18.1 Å². The van der Waals surface area contributed by atoms with Gasteiger partial charge in [0, 0.05) is 11.3 Å². The summed E-state index contributed by atoms with van der Waals surface area (Å²) in [5.41, 5.74) is 0. The fourth-order valence-electron chi connectivity index (χ4n) is 2.05. The molecule has 0 bridgehead atoms. The number of nitrogens with one attached hydrogen (secondary N) is 2. The first kappa shape index (κ1) is 15.1. The van der Waals surface area contributed by atoms with Crippen molar-refractivity contribution in [3.63, 3.8) is 0 Å². The molecule has 6 nitrogen and oxygen atoms in total. The fourth-order valence-corrected chi connectivity index (χ4v) is 2.97. The Balaban J connectivity index is 2.26. The fraction of sp³-hybridized carbons (Fsp3) is 0.818. The van der Waals surface area contributed by atoms with Crippen molar-refractivity contribution in [1.29, 1.82) is 0 Å². The standard InChI is InChI=1S/C11H20N2O4S/c1-18-11(4-2-3-5-11)7-13-10(17)12-6-8(14)9(15)16/h8,14H,2-7H2,1H3,(H,15,16)(H2,12,13,17)/t8-/m0/s1. The smallest absolute Gasteiger partial charge is 0.334 e. The van der Waals surface area contributed by atoms with Crippen LogP contribution < -0.4 is 10.6 Å². The predicted molar refractivity (Wildman–Crippen MR) is 69.8 cm³/mol. The minimum atomic E-state index is -1.56. The number of aliphatic hydroxyl groups excluding tert-OH is 1. The molecular formula is C11H20N2O4S. The van der Waals surface area contributed by atoms with E-state index in [0.717, 1.165) is 12.8 Å². The summed E-state index contributed by atoms with van der Waals surface area (Å²) in [4.78, 5) is 21.8. The Hall–Kier alpha value is -0.950. The number of rotatable bonds is 6. The molecule has 1 aliphatic carbocycles. The molecule has 0 aliphatic heterocycles. The van der Waals surface area contributed by atoms with Crippen molar-refractivity contribution >= 4 is 23.8 Å². The quantitative estimate of drug-likeness (QED) is 0.563. The molecule has 0 unspecified atom stereocenters. The van der Waals surface area contributed by atoms with Gasteiger partial charge < -0.3 is 20.8 Å². The van der Waals surface area contributed by atoms with Gasteiger partial charge in [0.25, 0.3) is 0 Å². The molecule has 0 aromatic heterocycles. The summed E-state index contributed by atoms with van der Waals surface area (Å²) in [6.45, 7) is 0.288. The third kappa shape index (κ3) is 4.38. The van der Waals surface area contributed by atoms with Gasteiger partial charge in [0.1, 0.15) is 0 Å². The van der Waals surface area contributed by atoms with Gasteiger partial charge in [-0.15, -0.1) is 0 Å². The lowest BCUT2D eigenvalue weighted by Gasteiger charge is -2.26. The number of hydrogen-bond donors (Lipinski definition) is 4. The average molecular weight is 276 g/mol. The molecule has 104 valence electrons. The highest BCUT2D eigenvalue weighted by molar-refractivity contribution is 8.00. The van der Waals surface area contributed by atoms with Gasteiger partial charge in [-0.05, 0) is 19.1 Å². The Morgan fingerprint density at radius 3 is 2.44 bits per heavy atom. The first-order chi connectivity index (χ1) is 8.49. The highest BCUT2D eigenvalue weighted by Crippen LogP contribution is 2.39. The number of amides is 2. The lowest BCUT2D eigenvalue weighted by atomic mass is 10.1. The molecule has 1 rings (SSSR count). The van der Waals surface area contributed by atoms with Crippen molar-refractivity contribution in [2.45, 2.75) is 36.5 Å². The van der Waals surface area contributed by atoms with Crippen LogP contribution in [0.5, 0.6) is 0 Å². The van der Waals surface area contributed by atoms with Gasteiger partial charge in [-0.2, -0.15) is 11.8 Å². The van der Waals surface area contributed by atoms with Crippen LogP contribution in [0.2, 0.25) is 0 Å². The third-order valence-corrected chi connectivity index (χ3v) is 4.68.